The third-order valence-electron chi connectivity index (χ3n) is 3.66. The number of esters is 1. The molecule has 18 heavy (non-hydrogen) atoms. The highest BCUT2D eigenvalue weighted by molar-refractivity contribution is 5.69. The number of aliphatic hydroxyl groups excluding tert-OH is 1. The molecule has 0 heterocycles. The van der Waals surface area contributed by atoms with Gasteiger partial charge >= 0.3 is 5.97 Å². The van der Waals surface area contributed by atoms with E-state index in [0.29, 0.717) is 13.2 Å². The molecule has 0 aliphatic heterocycles. The standard InChI is InChI=1S/C14H27NO3/c1-3-18-14(17)8-13(16)10-15-9-12-6-4-11(2)5-7-12/h11-13,15-16H,3-10H2,1-2H3. The van der Waals surface area contributed by atoms with E-state index < -0.39 is 6.10 Å². The van der Waals surface area contributed by atoms with E-state index in [9.17, 15) is 9.90 Å². The summed E-state index contributed by atoms with van der Waals surface area (Å²) in [6.45, 7) is 5.88. The van der Waals surface area contributed by atoms with Gasteiger partial charge in [-0.1, -0.05) is 19.8 Å². The largest absolute Gasteiger partial charge is 0.466 e. The van der Waals surface area contributed by atoms with Crippen molar-refractivity contribution in [3.05, 3.63) is 0 Å². The number of carbonyl (C=O) groups excluding carboxylic acids is 1. The Labute approximate surface area is 110 Å². The summed E-state index contributed by atoms with van der Waals surface area (Å²) in [7, 11) is 0. The Morgan fingerprint density at radius 2 is 2.06 bits per heavy atom. The number of rotatable bonds is 7. The Morgan fingerprint density at radius 1 is 1.39 bits per heavy atom. The molecule has 106 valence electrons. The van der Waals surface area contributed by atoms with Crippen LogP contribution in [0.3, 0.4) is 0 Å². The van der Waals surface area contributed by atoms with Gasteiger partial charge in [-0.25, -0.2) is 0 Å². The molecular weight excluding hydrogens is 230 g/mol. The van der Waals surface area contributed by atoms with Crippen molar-refractivity contribution < 1.29 is 14.6 Å². The number of carbonyl (C=O) groups is 1. The van der Waals surface area contributed by atoms with Crippen molar-refractivity contribution in [1.29, 1.82) is 0 Å². The number of aliphatic hydroxyl groups is 1. The van der Waals surface area contributed by atoms with Crippen molar-refractivity contribution in [2.24, 2.45) is 11.8 Å². The smallest absolute Gasteiger partial charge is 0.308 e. The highest BCUT2D eigenvalue weighted by atomic mass is 16.5. The van der Waals surface area contributed by atoms with Crippen molar-refractivity contribution in [1.82, 2.24) is 5.32 Å². The highest BCUT2D eigenvalue weighted by Crippen LogP contribution is 2.27. The lowest BCUT2D eigenvalue weighted by molar-refractivity contribution is -0.145. The Kier molecular flexibility index (Phi) is 7.28. The first-order valence-electron chi connectivity index (χ1n) is 7.16. The summed E-state index contributed by atoms with van der Waals surface area (Å²) >= 11 is 0. The molecule has 2 N–H and O–H groups in total. The van der Waals surface area contributed by atoms with E-state index in [-0.39, 0.29) is 12.4 Å². The first-order chi connectivity index (χ1) is 8.61. The number of hydrogen-bond donors (Lipinski definition) is 2. The molecule has 0 amide bonds. The van der Waals surface area contributed by atoms with Gasteiger partial charge < -0.3 is 15.2 Å². The topological polar surface area (TPSA) is 58.6 Å². The SMILES string of the molecule is CCOC(=O)CC(O)CNCC1CCC(C)CC1. The van der Waals surface area contributed by atoms with Gasteiger partial charge in [-0.15, -0.1) is 0 Å². The van der Waals surface area contributed by atoms with Crippen LogP contribution in [-0.4, -0.2) is 36.9 Å². The van der Waals surface area contributed by atoms with Crippen molar-refractivity contribution >= 4 is 5.97 Å². The maximum atomic E-state index is 11.1. The van der Waals surface area contributed by atoms with E-state index in [4.69, 9.17) is 4.74 Å². The molecule has 0 bridgehead atoms. The maximum Gasteiger partial charge on any atom is 0.308 e. The van der Waals surface area contributed by atoms with Crippen molar-refractivity contribution in [2.45, 2.75) is 52.1 Å². The zero-order valence-corrected chi connectivity index (χ0v) is 11.7. The summed E-state index contributed by atoms with van der Waals surface area (Å²) in [6.07, 6.45) is 4.65. The van der Waals surface area contributed by atoms with Crippen LogP contribution in [0.25, 0.3) is 0 Å². The molecule has 1 fully saturated rings. The zero-order valence-electron chi connectivity index (χ0n) is 11.7. The average molecular weight is 257 g/mol. The third-order valence-corrected chi connectivity index (χ3v) is 3.66. The van der Waals surface area contributed by atoms with Gasteiger partial charge in [0.1, 0.15) is 0 Å². The highest BCUT2D eigenvalue weighted by Gasteiger charge is 2.18. The summed E-state index contributed by atoms with van der Waals surface area (Å²) < 4.78 is 4.79. The quantitative estimate of drug-likeness (QED) is 0.682. The van der Waals surface area contributed by atoms with Crippen LogP contribution in [0, 0.1) is 11.8 Å². The first kappa shape index (κ1) is 15.4. The van der Waals surface area contributed by atoms with Crippen LogP contribution in [0.5, 0.6) is 0 Å². The van der Waals surface area contributed by atoms with E-state index >= 15 is 0 Å². The van der Waals surface area contributed by atoms with E-state index in [0.717, 1.165) is 18.4 Å². The molecule has 1 aliphatic rings. The normalized spacial score (nSPS) is 25.7. The molecule has 0 saturated heterocycles. The minimum absolute atomic E-state index is 0.0859. The molecule has 1 atom stereocenters. The fourth-order valence-corrected chi connectivity index (χ4v) is 2.47. The Balaban J connectivity index is 2.04. The van der Waals surface area contributed by atoms with Gasteiger partial charge in [0.2, 0.25) is 0 Å². The zero-order chi connectivity index (χ0) is 13.4. The minimum atomic E-state index is -0.633. The lowest BCUT2D eigenvalue weighted by Gasteiger charge is -2.26. The lowest BCUT2D eigenvalue weighted by atomic mass is 9.83. The molecule has 1 rings (SSSR count). The molecule has 0 aromatic carbocycles. The molecule has 0 radical (unpaired) electrons. The molecular formula is C14H27NO3. The first-order valence-corrected chi connectivity index (χ1v) is 7.16. The number of hydrogen-bond acceptors (Lipinski definition) is 4. The van der Waals surface area contributed by atoms with E-state index in [2.05, 4.69) is 12.2 Å². The van der Waals surface area contributed by atoms with Crippen LogP contribution in [0.15, 0.2) is 0 Å². The third kappa shape index (κ3) is 6.36. The molecule has 1 aliphatic carbocycles. The van der Waals surface area contributed by atoms with E-state index in [1.807, 2.05) is 0 Å². The van der Waals surface area contributed by atoms with Gasteiger partial charge in [0, 0.05) is 6.54 Å². The second kappa shape index (κ2) is 8.48. The van der Waals surface area contributed by atoms with Crippen molar-refractivity contribution in [3.63, 3.8) is 0 Å². The number of nitrogens with one attached hydrogen (secondary N) is 1. The van der Waals surface area contributed by atoms with Crippen LogP contribution in [0.1, 0.15) is 46.0 Å². The van der Waals surface area contributed by atoms with Crippen LogP contribution >= 0.6 is 0 Å². The summed E-state index contributed by atoms with van der Waals surface area (Å²) in [6, 6.07) is 0. The molecule has 4 heteroatoms. The lowest BCUT2D eigenvalue weighted by Crippen LogP contribution is -2.33. The monoisotopic (exact) mass is 257 g/mol. The molecule has 1 saturated carbocycles. The van der Waals surface area contributed by atoms with Gasteiger partial charge in [0.15, 0.2) is 0 Å². The predicted octanol–water partition coefficient (Wildman–Crippen LogP) is 1.72. The summed E-state index contributed by atoms with van der Waals surface area (Å²) in [5.41, 5.74) is 0. The average Bonchev–Trinajstić information content (AvgIpc) is 2.32. The second-order valence-corrected chi connectivity index (χ2v) is 5.45. The van der Waals surface area contributed by atoms with Gasteiger partial charge in [0.25, 0.3) is 0 Å². The Morgan fingerprint density at radius 3 is 2.67 bits per heavy atom. The fourth-order valence-electron chi connectivity index (χ4n) is 2.47. The molecule has 4 nitrogen and oxygen atoms in total. The van der Waals surface area contributed by atoms with Gasteiger partial charge in [-0.3, -0.25) is 4.79 Å². The fraction of sp³-hybridized carbons (Fsp3) is 0.929. The Bertz CT molecular complexity index is 237. The van der Waals surface area contributed by atoms with Crippen molar-refractivity contribution in [3.8, 4) is 0 Å². The van der Waals surface area contributed by atoms with Crippen molar-refractivity contribution in [2.75, 3.05) is 19.7 Å². The van der Waals surface area contributed by atoms with Crippen LogP contribution in [0.4, 0.5) is 0 Å². The van der Waals surface area contributed by atoms with Crippen LogP contribution in [-0.2, 0) is 9.53 Å². The summed E-state index contributed by atoms with van der Waals surface area (Å²) in [4.78, 5) is 11.1. The molecule has 0 aromatic heterocycles. The molecule has 0 aromatic rings. The van der Waals surface area contributed by atoms with Gasteiger partial charge in [-0.05, 0) is 38.1 Å². The predicted molar refractivity (Wildman–Crippen MR) is 71.2 cm³/mol. The summed E-state index contributed by atoms with van der Waals surface area (Å²) in [5, 5.41) is 12.9. The Hall–Kier alpha value is -0.610. The van der Waals surface area contributed by atoms with Crippen LogP contribution in [0.2, 0.25) is 0 Å². The maximum absolute atomic E-state index is 11.1. The number of ether oxygens (including phenoxy) is 1. The molecule has 1 unspecified atom stereocenters. The van der Waals surface area contributed by atoms with Crippen LogP contribution < -0.4 is 5.32 Å². The second-order valence-electron chi connectivity index (χ2n) is 5.45. The minimum Gasteiger partial charge on any atom is -0.466 e. The van der Waals surface area contributed by atoms with E-state index in [1.165, 1.54) is 25.7 Å². The molecule has 0 spiro atoms. The van der Waals surface area contributed by atoms with Gasteiger partial charge in [0.05, 0.1) is 19.1 Å². The van der Waals surface area contributed by atoms with E-state index in [1.54, 1.807) is 6.92 Å². The van der Waals surface area contributed by atoms with Gasteiger partial charge in [-0.2, -0.15) is 0 Å². The summed E-state index contributed by atoms with van der Waals surface area (Å²) in [5.74, 6) is 1.28.